The highest BCUT2D eigenvalue weighted by Crippen LogP contribution is 2.22. The minimum Gasteiger partial charge on any atom is -0.331 e. The summed E-state index contributed by atoms with van der Waals surface area (Å²) in [5.41, 5.74) is 0. The third-order valence-corrected chi connectivity index (χ3v) is 2.38. The van der Waals surface area contributed by atoms with Crippen LogP contribution in [0.3, 0.4) is 0 Å². The Kier molecular flexibility index (Phi) is 6.88. The quantitative estimate of drug-likeness (QED) is 0.339. The Hall–Kier alpha value is -0.140. The van der Waals surface area contributed by atoms with Gasteiger partial charge in [-0.25, -0.2) is 0 Å². The Labute approximate surface area is 61.6 Å². The molecule has 1 atom stereocenters. The van der Waals surface area contributed by atoms with Crippen molar-refractivity contribution >= 4 is 14.3 Å². The van der Waals surface area contributed by atoms with E-state index in [0.717, 1.165) is 6.29 Å². The van der Waals surface area contributed by atoms with E-state index in [0.29, 0.717) is 25.6 Å². The summed E-state index contributed by atoms with van der Waals surface area (Å²) in [6, 6.07) is 0. The molecular formula is C6H13O3P. The van der Waals surface area contributed by atoms with Gasteiger partial charge in [-0.3, -0.25) is 4.57 Å². The molecule has 0 aromatic rings. The SMILES string of the molecule is CCO[PH](=O)CCCC=O. The number of unbranched alkanes of at least 4 members (excludes halogenated alkanes) is 1. The van der Waals surface area contributed by atoms with E-state index in [-0.39, 0.29) is 0 Å². The second-order valence-corrected chi connectivity index (χ2v) is 3.40. The number of rotatable bonds is 6. The molecule has 0 saturated heterocycles. The highest BCUT2D eigenvalue weighted by atomic mass is 31.1. The summed E-state index contributed by atoms with van der Waals surface area (Å²) >= 11 is 0. The van der Waals surface area contributed by atoms with Crippen LogP contribution < -0.4 is 0 Å². The third kappa shape index (κ3) is 5.99. The summed E-state index contributed by atoms with van der Waals surface area (Å²) in [4.78, 5) is 9.81. The zero-order valence-corrected chi connectivity index (χ0v) is 7.13. The van der Waals surface area contributed by atoms with Gasteiger partial charge in [0, 0.05) is 12.6 Å². The molecule has 0 aliphatic rings. The zero-order valence-electron chi connectivity index (χ0n) is 6.13. The Morgan fingerprint density at radius 3 is 2.80 bits per heavy atom. The lowest BCUT2D eigenvalue weighted by atomic mass is 10.4. The molecule has 60 valence electrons. The fraction of sp³-hybridized carbons (Fsp3) is 0.833. The Bertz CT molecular complexity index is 114. The fourth-order valence-corrected chi connectivity index (χ4v) is 1.52. The lowest BCUT2D eigenvalue weighted by molar-refractivity contribution is -0.107. The molecule has 0 heterocycles. The average molecular weight is 164 g/mol. The largest absolute Gasteiger partial charge is 0.331 e. The van der Waals surface area contributed by atoms with Gasteiger partial charge in [-0.1, -0.05) is 0 Å². The van der Waals surface area contributed by atoms with Gasteiger partial charge in [-0.05, 0) is 13.3 Å². The van der Waals surface area contributed by atoms with Gasteiger partial charge < -0.3 is 9.32 Å². The predicted octanol–water partition coefficient (Wildman–Crippen LogP) is 1.48. The molecule has 4 heteroatoms. The van der Waals surface area contributed by atoms with Gasteiger partial charge in [0.2, 0.25) is 0 Å². The van der Waals surface area contributed by atoms with Crippen molar-refractivity contribution in [2.75, 3.05) is 12.8 Å². The van der Waals surface area contributed by atoms with Crippen LogP contribution in [-0.2, 0) is 13.9 Å². The van der Waals surface area contributed by atoms with E-state index in [1.807, 2.05) is 6.92 Å². The molecular weight excluding hydrogens is 151 g/mol. The summed E-state index contributed by atoms with van der Waals surface area (Å²) in [5.74, 6) is 0. The summed E-state index contributed by atoms with van der Waals surface area (Å²) in [6.07, 6.45) is 2.54. The molecule has 3 nitrogen and oxygen atoms in total. The molecule has 1 unspecified atom stereocenters. The maximum absolute atomic E-state index is 10.8. The molecule has 0 amide bonds. The summed E-state index contributed by atoms with van der Waals surface area (Å²) in [5, 5.41) is 0. The van der Waals surface area contributed by atoms with E-state index in [9.17, 15) is 9.36 Å². The van der Waals surface area contributed by atoms with Crippen molar-refractivity contribution in [2.24, 2.45) is 0 Å². The molecule has 0 rings (SSSR count). The third-order valence-electron chi connectivity index (χ3n) is 1.01. The summed E-state index contributed by atoms with van der Waals surface area (Å²) < 4.78 is 15.6. The van der Waals surface area contributed by atoms with Gasteiger partial charge in [0.15, 0.2) is 8.03 Å². The van der Waals surface area contributed by atoms with Gasteiger partial charge in [-0.2, -0.15) is 0 Å². The molecule has 0 aliphatic carbocycles. The van der Waals surface area contributed by atoms with Crippen LogP contribution >= 0.6 is 8.03 Å². The fourth-order valence-electron chi connectivity index (χ4n) is 0.563. The van der Waals surface area contributed by atoms with Crippen molar-refractivity contribution in [2.45, 2.75) is 19.8 Å². The Morgan fingerprint density at radius 1 is 1.60 bits per heavy atom. The number of carbonyl (C=O) groups excluding carboxylic acids is 1. The predicted molar refractivity (Wildman–Crippen MR) is 40.8 cm³/mol. The number of aldehydes is 1. The van der Waals surface area contributed by atoms with Crippen LogP contribution in [0.4, 0.5) is 0 Å². The molecule has 0 aromatic carbocycles. The lowest BCUT2D eigenvalue weighted by Gasteiger charge is -1.97. The minimum atomic E-state index is -1.82. The van der Waals surface area contributed by atoms with Crippen LogP contribution in [0.25, 0.3) is 0 Å². The van der Waals surface area contributed by atoms with Gasteiger partial charge >= 0.3 is 0 Å². The van der Waals surface area contributed by atoms with E-state index >= 15 is 0 Å². The Balaban J connectivity index is 3.13. The average Bonchev–Trinajstić information content (AvgIpc) is 1.89. The summed E-state index contributed by atoms with van der Waals surface area (Å²) in [7, 11) is -1.82. The van der Waals surface area contributed by atoms with Gasteiger partial charge in [-0.15, -0.1) is 0 Å². The van der Waals surface area contributed by atoms with E-state index in [2.05, 4.69) is 0 Å². The minimum absolute atomic E-state index is 0.490. The molecule has 0 radical (unpaired) electrons. The number of carbonyl (C=O) groups is 1. The smallest absolute Gasteiger partial charge is 0.191 e. The van der Waals surface area contributed by atoms with Crippen LogP contribution in [0, 0.1) is 0 Å². The van der Waals surface area contributed by atoms with Crippen LogP contribution in [-0.4, -0.2) is 19.1 Å². The normalized spacial score (nSPS) is 12.9. The number of hydrogen-bond donors (Lipinski definition) is 0. The molecule has 0 aromatic heterocycles. The lowest BCUT2D eigenvalue weighted by Crippen LogP contribution is -1.84. The van der Waals surface area contributed by atoms with E-state index in [1.165, 1.54) is 0 Å². The first kappa shape index (κ1) is 9.86. The maximum atomic E-state index is 10.8. The van der Waals surface area contributed by atoms with E-state index < -0.39 is 8.03 Å². The van der Waals surface area contributed by atoms with Crippen molar-refractivity contribution in [3.8, 4) is 0 Å². The molecule has 0 spiro atoms. The highest BCUT2D eigenvalue weighted by Gasteiger charge is 1.95. The first-order valence-corrected chi connectivity index (χ1v) is 4.93. The first-order chi connectivity index (χ1) is 4.81. The highest BCUT2D eigenvalue weighted by molar-refractivity contribution is 7.39. The van der Waals surface area contributed by atoms with Crippen LogP contribution in [0.15, 0.2) is 0 Å². The van der Waals surface area contributed by atoms with E-state index in [4.69, 9.17) is 4.52 Å². The van der Waals surface area contributed by atoms with Crippen LogP contribution in [0.5, 0.6) is 0 Å². The monoisotopic (exact) mass is 164 g/mol. The standard InChI is InChI=1S/C6H13O3P/c1-2-9-10(8)6-4-3-5-7/h5,10H,2-4,6H2,1H3. The molecule has 10 heavy (non-hydrogen) atoms. The van der Waals surface area contributed by atoms with Crippen LogP contribution in [0.1, 0.15) is 19.8 Å². The molecule has 0 fully saturated rings. The van der Waals surface area contributed by atoms with Gasteiger partial charge in [0.05, 0.1) is 6.61 Å². The van der Waals surface area contributed by atoms with Gasteiger partial charge in [0.25, 0.3) is 0 Å². The molecule has 0 aliphatic heterocycles. The first-order valence-electron chi connectivity index (χ1n) is 3.40. The van der Waals surface area contributed by atoms with Crippen molar-refractivity contribution in [1.82, 2.24) is 0 Å². The second kappa shape index (κ2) is 6.97. The van der Waals surface area contributed by atoms with Gasteiger partial charge in [0.1, 0.15) is 6.29 Å². The van der Waals surface area contributed by atoms with Crippen LogP contribution in [0.2, 0.25) is 0 Å². The van der Waals surface area contributed by atoms with Crippen molar-refractivity contribution < 1.29 is 13.9 Å². The topological polar surface area (TPSA) is 43.4 Å². The summed E-state index contributed by atoms with van der Waals surface area (Å²) in [6.45, 7) is 2.31. The second-order valence-electron chi connectivity index (χ2n) is 1.86. The molecule has 0 bridgehead atoms. The molecule has 0 N–H and O–H groups in total. The van der Waals surface area contributed by atoms with Crippen molar-refractivity contribution in [1.29, 1.82) is 0 Å². The number of hydrogen-bond acceptors (Lipinski definition) is 3. The molecule has 0 saturated carbocycles. The Morgan fingerprint density at radius 2 is 2.30 bits per heavy atom. The van der Waals surface area contributed by atoms with Crippen molar-refractivity contribution in [3.05, 3.63) is 0 Å². The zero-order chi connectivity index (χ0) is 7.82. The van der Waals surface area contributed by atoms with Crippen molar-refractivity contribution in [3.63, 3.8) is 0 Å². The van der Waals surface area contributed by atoms with E-state index in [1.54, 1.807) is 0 Å². The maximum Gasteiger partial charge on any atom is 0.191 e.